The van der Waals surface area contributed by atoms with Crippen molar-refractivity contribution in [2.45, 2.75) is 20.7 Å². The minimum atomic E-state index is 0.259. The highest BCUT2D eigenvalue weighted by Crippen LogP contribution is 2.19. The van der Waals surface area contributed by atoms with E-state index < -0.39 is 0 Å². The summed E-state index contributed by atoms with van der Waals surface area (Å²) in [6.45, 7) is 5.95. The summed E-state index contributed by atoms with van der Waals surface area (Å²) in [6.07, 6.45) is 0. The first-order valence-corrected chi connectivity index (χ1v) is 6.79. The van der Waals surface area contributed by atoms with Gasteiger partial charge in [0, 0.05) is 5.56 Å². The molecule has 0 saturated carbocycles. The van der Waals surface area contributed by atoms with Crippen molar-refractivity contribution in [3.63, 3.8) is 0 Å². The minimum absolute atomic E-state index is 0.259. The molecule has 0 radical (unpaired) electrons. The third-order valence-electron chi connectivity index (χ3n) is 3.26. The van der Waals surface area contributed by atoms with Gasteiger partial charge in [0.2, 0.25) is 0 Å². The zero-order valence-corrected chi connectivity index (χ0v) is 12.1. The molecule has 0 fully saturated rings. The molecule has 0 saturated heterocycles. The van der Waals surface area contributed by atoms with Crippen molar-refractivity contribution >= 4 is 24.1 Å². The van der Waals surface area contributed by atoms with Gasteiger partial charge in [-0.25, -0.2) is 0 Å². The number of anilines is 1. The van der Waals surface area contributed by atoms with E-state index in [0.29, 0.717) is 0 Å². The van der Waals surface area contributed by atoms with Crippen molar-refractivity contribution in [3.8, 4) is 5.75 Å². The molecule has 0 bridgehead atoms. The molecule has 4 heteroatoms. The lowest BCUT2D eigenvalue weighted by molar-refractivity contribution is 0.473. The van der Waals surface area contributed by atoms with Crippen LogP contribution in [0.25, 0.3) is 0 Å². The highest BCUT2D eigenvalue weighted by molar-refractivity contribution is 6.51. The maximum Gasteiger partial charge on any atom is 0.154 e. The van der Waals surface area contributed by atoms with Gasteiger partial charge in [0.25, 0.3) is 0 Å². The van der Waals surface area contributed by atoms with E-state index in [-0.39, 0.29) is 5.75 Å². The van der Waals surface area contributed by atoms with Crippen molar-refractivity contribution < 1.29 is 5.11 Å². The van der Waals surface area contributed by atoms with Gasteiger partial charge in [-0.15, -0.1) is 0 Å². The molecule has 2 rings (SSSR count). The summed E-state index contributed by atoms with van der Waals surface area (Å²) in [7, 11) is 1.03. The average Bonchev–Trinajstić information content (AvgIpc) is 2.45. The Labute approximate surface area is 120 Å². The molecule has 2 N–H and O–H groups in total. The normalized spacial score (nSPS) is 11.2. The zero-order valence-electron chi connectivity index (χ0n) is 12.1. The van der Waals surface area contributed by atoms with E-state index in [1.807, 2.05) is 38.1 Å². The molecule has 0 unspecified atom stereocenters. The van der Waals surface area contributed by atoms with Crippen molar-refractivity contribution in [1.29, 1.82) is 0 Å². The number of hydrogen-bond donors (Lipinski definition) is 2. The van der Waals surface area contributed by atoms with Gasteiger partial charge in [0.05, 0.1) is 11.4 Å². The van der Waals surface area contributed by atoms with Gasteiger partial charge >= 0.3 is 0 Å². The van der Waals surface area contributed by atoms with Crippen LogP contribution in [0.4, 0.5) is 5.69 Å². The van der Waals surface area contributed by atoms with Crippen LogP contribution in [0.3, 0.4) is 0 Å². The Balaban J connectivity index is 2.13. The third-order valence-corrected chi connectivity index (χ3v) is 3.26. The second kappa shape index (κ2) is 6.28. The zero-order chi connectivity index (χ0) is 14.5. The quantitative estimate of drug-likeness (QED) is 0.507. The average molecular weight is 266 g/mol. The number of aryl methyl sites for hydroxylation is 1. The molecular weight excluding hydrogens is 247 g/mol. The maximum atomic E-state index is 9.92. The number of hydrazone groups is 1. The standard InChI is InChI=1S/C16H19BN2O/c1-11-4-9-15(16(20)10-11)12(2)18-19-14-7-5-13(17-3)6-8-14/h4-10,17,19-20H,1-3H3/b18-12+. The second-order valence-electron chi connectivity index (χ2n) is 4.88. The van der Waals surface area contributed by atoms with E-state index in [9.17, 15) is 5.11 Å². The first-order valence-electron chi connectivity index (χ1n) is 6.79. The fourth-order valence-corrected chi connectivity index (χ4v) is 1.97. The highest BCUT2D eigenvalue weighted by Gasteiger charge is 2.04. The fraction of sp³-hybridized carbons (Fsp3) is 0.188. The van der Waals surface area contributed by atoms with Crippen molar-refractivity contribution in [3.05, 3.63) is 53.6 Å². The second-order valence-corrected chi connectivity index (χ2v) is 4.88. The summed E-state index contributed by atoms with van der Waals surface area (Å²) >= 11 is 0. The van der Waals surface area contributed by atoms with Gasteiger partial charge in [-0.05, 0) is 43.7 Å². The number of rotatable bonds is 4. The number of nitrogens with one attached hydrogen (secondary N) is 1. The van der Waals surface area contributed by atoms with Gasteiger partial charge in [0.1, 0.15) is 5.75 Å². The molecule has 0 aliphatic heterocycles. The van der Waals surface area contributed by atoms with E-state index in [4.69, 9.17) is 0 Å². The SMILES string of the molecule is CBc1ccc(N/N=C(\C)c2ccc(C)cc2O)cc1. The van der Waals surface area contributed by atoms with Gasteiger partial charge < -0.3 is 5.11 Å². The summed E-state index contributed by atoms with van der Waals surface area (Å²) in [6, 6.07) is 13.8. The van der Waals surface area contributed by atoms with E-state index in [1.165, 1.54) is 5.46 Å². The molecule has 0 atom stereocenters. The summed E-state index contributed by atoms with van der Waals surface area (Å²) in [5.74, 6) is 0.259. The first-order chi connectivity index (χ1) is 9.60. The van der Waals surface area contributed by atoms with Gasteiger partial charge in [-0.2, -0.15) is 5.10 Å². The Kier molecular flexibility index (Phi) is 4.46. The highest BCUT2D eigenvalue weighted by atomic mass is 16.3. The first kappa shape index (κ1) is 14.2. The van der Waals surface area contributed by atoms with Crippen LogP contribution in [0.5, 0.6) is 5.75 Å². The van der Waals surface area contributed by atoms with Gasteiger partial charge in [-0.1, -0.05) is 30.5 Å². The van der Waals surface area contributed by atoms with Crippen LogP contribution < -0.4 is 10.9 Å². The van der Waals surface area contributed by atoms with Crippen LogP contribution >= 0.6 is 0 Å². The third kappa shape index (κ3) is 3.41. The van der Waals surface area contributed by atoms with E-state index >= 15 is 0 Å². The monoisotopic (exact) mass is 266 g/mol. The molecule has 0 spiro atoms. The largest absolute Gasteiger partial charge is 0.507 e. The lowest BCUT2D eigenvalue weighted by Gasteiger charge is -2.07. The smallest absolute Gasteiger partial charge is 0.154 e. The molecule has 3 nitrogen and oxygen atoms in total. The number of benzene rings is 2. The number of phenolic OH excluding ortho intramolecular Hbond substituents is 1. The Hall–Kier alpha value is -2.23. The summed E-state index contributed by atoms with van der Waals surface area (Å²) in [5, 5.41) is 14.2. The molecule has 0 amide bonds. The number of aromatic hydroxyl groups is 1. The molecule has 0 heterocycles. The summed E-state index contributed by atoms with van der Waals surface area (Å²) in [5.41, 5.74) is 7.78. The Bertz CT molecular complexity index is 621. The van der Waals surface area contributed by atoms with Crippen LogP contribution in [0.2, 0.25) is 6.82 Å². The summed E-state index contributed by atoms with van der Waals surface area (Å²) < 4.78 is 0. The Morgan fingerprint density at radius 3 is 2.45 bits per heavy atom. The van der Waals surface area contributed by atoms with Crippen LogP contribution in [0.15, 0.2) is 47.6 Å². The van der Waals surface area contributed by atoms with Crippen molar-refractivity contribution in [1.82, 2.24) is 0 Å². The number of nitrogens with zero attached hydrogens (tertiary/aromatic N) is 1. The molecule has 102 valence electrons. The fourth-order valence-electron chi connectivity index (χ4n) is 1.97. The molecule has 2 aromatic rings. The molecule has 20 heavy (non-hydrogen) atoms. The molecule has 0 aromatic heterocycles. The maximum absolute atomic E-state index is 9.92. The van der Waals surface area contributed by atoms with E-state index in [2.05, 4.69) is 29.5 Å². The topological polar surface area (TPSA) is 44.6 Å². The van der Waals surface area contributed by atoms with Crippen LogP contribution in [0, 0.1) is 6.92 Å². The van der Waals surface area contributed by atoms with Gasteiger partial charge in [-0.3, -0.25) is 5.43 Å². The van der Waals surface area contributed by atoms with Crippen molar-refractivity contribution in [2.75, 3.05) is 5.43 Å². The van der Waals surface area contributed by atoms with Crippen LogP contribution in [-0.4, -0.2) is 18.1 Å². The summed E-state index contributed by atoms with van der Waals surface area (Å²) in [4.78, 5) is 0. The molecular formula is C16H19BN2O. The molecule has 0 aliphatic carbocycles. The van der Waals surface area contributed by atoms with E-state index in [1.54, 1.807) is 6.07 Å². The minimum Gasteiger partial charge on any atom is -0.507 e. The molecule has 2 aromatic carbocycles. The Morgan fingerprint density at radius 1 is 1.15 bits per heavy atom. The number of phenols is 1. The predicted molar refractivity (Wildman–Crippen MR) is 87.8 cm³/mol. The number of hydrogen-bond acceptors (Lipinski definition) is 3. The van der Waals surface area contributed by atoms with E-state index in [0.717, 1.165) is 29.8 Å². The Morgan fingerprint density at radius 2 is 1.85 bits per heavy atom. The predicted octanol–water partition coefficient (Wildman–Crippen LogP) is 2.65. The lowest BCUT2D eigenvalue weighted by atomic mass is 9.73. The van der Waals surface area contributed by atoms with Crippen LogP contribution in [-0.2, 0) is 0 Å². The van der Waals surface area contributed by atoms with Gasteiger partial charge in [0.15, 0.2) is 7.28 Å². The lowest BCUT2D eigenvalue weighted by Crippen LogP contribution is -2.09. The van der Waals surface area contributed by atoms with Crippen LogP contribution in [0.1, 0.15) is 18.1 Å². The molecule has 0 aliphatic rings. The van der Waals surface area contributed by atoms with Crippen molar-refractivity contribution in [2.24, 2.45) is 5.10 Å².